The van der Waals surface area contributed by atoms with Crippen LogP contribution in [-0.4, -0.2) is 48.8 Å². The molecule has 0 radical (unpaired) electrons. The van der Waals surface area contributed by atoms with Gasteiger partial charge in [-0.2, -0.15) is 0 Å². The van der Waals surface area contributed by atoms with E-state index >= 15 is 0 Å². The highest BCUT2D eigenvalue weighted by molar-refractivity contribution is 8.01. The molecule has 0 aliphatic carbocycles. The Morgan fingerprint density at radius 1 is 1.07 bits per heavy atom. The molecule has 2 aromatic carbocycles. The second-order valence-corrected chi connectivity index (χ2v) is 9.17. The molecule has 2 aliphatic heterocycles. The minimum atomic E-state index is -0.190. The van der Waals surface area contributed by atoms with Gasteiger partial charge < -0.3 is 10.2 Å². The molecule has 1 saturated heterocycles. The number of rotatable bonds is 5. The van der Waals surface area contributed by atoms with Crippen molar-refractivity contribution in [3.05, 3.63) is 53.3 Å². The molecule has 154 valence electrons. The number of carbonyl (C=O) groups excluding carboxylic acids is 1. The Balaban J connectivity index is 1.24. The SMILES string of the molecule is Cc1ccc2c(c1C)NC(=O)C(CCCN1CCN(c3ccc(F)cc3)CC1)S2. The van der Waals surface area contributed by atoms with Gasteiger partial charge in [-0.15, -0.1) is 11.8 Å². The molecule has 2 aliphatic rings. The number of fused-ring (bicyclic) bond motifs is 1. The summed E-state index contributed by atoms with van der Waals surface area (Å²) in [5.41, 5.74) is 4.46. The van der Waals surface area contributed by atoms with Gasteiger partial charge >= 0.3 is 0 Å². The summed E-state index contributed by atoms with van der Waals surface area (Å²) >= 11 is 1.70. The fourth-order valence-corrected chi connectivity index (χ4v) is 5.25. The summed E-state index contributed by atoms with van der Waals surface area (Å²) in [7, 11) is 0. The van der Waals surface area contributed by atoms with E-state index in [0.29, 0.717) is 0 Å². The number of carbonyl (C=O) groups is 1. The minimum Gasteiger partial charge on any atom is -0.369 e. The molecule has 1 fully saturated rings. The van der Waals surface area contributed by atoms with Crippen LogP contribution in [0.4, 0.5) is 15.8 Å². The quantitative estimate of drug-likeness (QED) is 0.785. The van der Waals surface area contributed by atoms with E-state index in [9.17, 15) is 9.18 Å². The van der Waals surface area contributed by atoms with E-state index in [4.69, 9.17) is 0 Å². The molecule has 2 heterocycles. The number of nitrogens with zero attached hydrogens (tertiary/aromatic N) is 2. The predicted octanol–water partition coefficient (Wildman–Crippen LogP) is 4.46. The van der Waals surface area contributed by atoms with E-state index in [2.05, 4.69) is 41.1 Å². The van der Waals surface area contributed by atoms with Crippen LogP contribution in [0.25, 0.3) is 0 Å². The molecule has 1 amide bonds. The first-order valence-corrected chi connectivity index (χ1v) is 11.2. The van der Waals surface area contributed by atoms with Gasteiger partial charge in [0.2, 0.25) is 5.91 Å². The first-order chi connectivity index (χ1) is 14.0. The summed E-state index contributed by atoms with van der Waals surface area (Å²) in [5.74, 6) is -0.0535. The van der Waals surface area contributed by atoms with Crippen LogP contribution in [0.5, 0.6) is 0 Å². The molecule has 4 nitrogen and oxygen atoms in total. The lowest BCUT2D eigenvalue weighted by Crippen LogP contribution is -2.46. The number of halogens is 1. The van der Waals surface area contributed by atoms with E-state index < -0.39 is 0 Å². The van der Waals surface area contributed by atoms with Crippen molar-refractivity contribution in [3.8, 4) is 0 Å². The maximum atomic E-state index is 13.1. The van der Waals surface area contributed by atoms with Crippen LogP contribution in [0, 0.1) is 19.7 Å². The standard InChI is InChI=1S/C23H28FN3OS/c1-16-5-10-20-22(17(16)2)25-23(28)21(29-20)4-3-11-26-12-14-27(15-13-26)19-8-6-18(24)7-9-19/h5-10,21H,3-4,11-15H2,1-2H3,(H,25,28). The smallest absolute Gasteiger partial charge is 0.237 e. The predicted molar refractivity (Wildman–Crippen MR) is 118 cm³/mol. The Labute approximate surface area is 176 Å². The highest BCUT2D eigenvalue weighted by Gasteiger charge is 2.28. The Hall–Kier alpha value is -2.05. The van der Waals surface area contributed by atoms with E-state index in [1.54, 1.807) is 11.8 Å². The van der Waals surface area contributed by atoms with Gasteiger partial charge in [-0.1, -0.05) is 6.07 Å². The Kier molecular flexibility index (Phi) is 6.11. The average Bonchev–Trinajstić information content (AvgIpc) is 2.73. The Morgan fingerprint density at radius 2 is 1.79 bits per heavy atom. The number of aryl methyl sites for hydroxylation is 1. The van der Waals surface area contributed by atoms with E-state index in [1.807, 2.05) is 12.1 Å². The van der Waals surface area contributed by atoms with Crippen LogP contribution in [-0.2, 0) is 4.79 Å². The summed E-state index contributed by atoms with van der Waals surface area (Å²) in [5, 5.41) is 3.12. The van der Waals surface area contributed by atoms with Crippen LogP contribution < -0.4 is 10.2 Å². The van der Waals surface area contributed by atoms with Crippen LogP contribution in [0.15, 0.2) is 41.3 Å². The van der Waals surface area contributed by atoms with Crippen molar-refractivity contribution >= 4 is 29.0 Å². The van der Waals surface area contributed by atoms with Crippen molar-refractivity contribution < 1.29 is 9.18 Å². The largest absolute Gasteiger partial charge is 0.369 e. The van der Waals surface area contributed by atoms with Gasteiger partial charge in [-0.25, -0.2) is 4.39 Å². The number of benzene rings is 2. The number of amides is 1. The van der Waals surface area contributed by atoms with Gasteiger partial charge in [0.15, 0.2) is 0 Å². The van der Waals surface area contributed by atoms with Crippen LogP contribution in [0.1, 0.15) is 24.0 Å². The molecule has 4 rings (SSSR count). The zero-order valence-corrected chi connectivity index (χ0v) is 17.9. The maximum Gasteiger partial charge on any atom is 0.237 e. The summed E-state index contributed by atoms with van der Waals surface area (Å²) in [6.45, 7) is 9.08. The number of hydrogen-bond donors (Lipinski definition) is 1. The monoisotopic (exact) mass is 413 g/mol. The third kappa shape index (κ3) is 4.59. The molecule has 0 saturated carbocycles. The summed E-state index contributed by atoms with van der Waals surface area (Å²) in [6, 6.07) is 11.0. The lowest BCUT2D eigenvalue weighted by atomic mass is 10.1. The summed E-state index contributed by atoms with van der Waals surface area (Å²) in [4.78, 5) is 18.5. The van der Waals surface area contributed by atoms with Gasteiger partial charge in [-0.05, 0) is 74.7 Å². The molecule has 0 aromatic heterocycles. The lowest BCUT2D eigenvalue weighted by molar-refractivity contribution is -0.116. The van der Waals surface area contributed by atoms with Gasteiger partial charge in [-0.3, -0.25) is 9.69 Å². The van der Waals surface area contributed by atoms with Crippen molar-refractivity contribution in [2.45, 2.75) is 36.8 Å². The number of hydrogen-bond acceptors (Lipinski definition) is 4. The third-order valence-corrected chi connectivity index (χ3v) is 7.34. The highest BCUT2D eigenvalue weighted by atomic mass is 32.2. The molecule has 0 spiro atoms. The third-order valence-electron chi connectivity index (χ3n) is 6.01. The molecule has 1 unspecified atom stereocenters. The van der Waals surface area contributed by atoms with E-state index in [0.717, 1.165) is 56.9 Å². The fourth-order valence-electron chi connectivity index (χ4n) is 4.03. The Bertz CT molecular complexity index is 878. The Morgan fingerprint density at radius 3 is 2.52 bits per heavy atom. The second kappa shape index (κ2) is 8.76. The number of anilines is 2. The number of piperazine rings is 1. The normalized spacial score (nSPS) is 19.8. The molecular weight excluding hydrogens is 385 g/mol. The average molecular weight is 414 g/mol. The van der Waals surface area contributed by atoms with Gasteiger partial charge in [0.1, 0.15) is 5.82 Å². The molecule has 1 atom stereocenters. The fraction of sp³-hybridized carbons (Fsp3) is 0.435. The minimum absolute atomic E-state index is 0.00916. The molecule has 2 aromatic rings. The van der Waals surface area contributed by atoms with Crippen molar-refractivity contribution in [2.24, 2.45) is 0 Å². The van der Waals surface area contributed by atoms with Crippen molar-refractivity contribution in [1.29, 1.82) is 0 Å². The van der Waals surface area contributed by atoms with Crippen LogP contribution in [0.3, 0.4) is 0 Å². The highest BCUT2D eigenvalue weighted by Crippen LogP contribution is 2.40. The van der Waals surface area contributed by atoms with E-state index in [1.165, 1.54) is 28.2 Å². The van der Waals surface area contributed by atoms with Gasteiger partial charge in [0.05, 0.1) is 10.9 Å². The lowest BCUT2D eigenvalue weighted by Gasteiger charge is -2.36. The van der Waals surface area contributed by atoms with Crippen molar-refractivity contribution in [1.82, 2.24) is 4.90 Å². The van der Waals surface area contributed by atoms with E-state index in [-0.39, 0.29) is 17.0 Å². The molecule has 0 bridgehead atoms. The topological polar surface area (TPSA) is 35.6 Å². The summed E-state index contributed by atoms with van der Waals surface area (Å²) in [6.07, 6.45) is 1.91. The molecule has 29 heavy (non-hydrogen) atoms. The first-order valence-electron chi connectivity index (χ1n) is 10.3. The molecular formula is C23H28FN3OS. The zero-order valence-electron chi connectivity index (χ0n) is 17.1. The molecule has 1 N–H and O–H groups in total. The first kappa shape index (κ1) is 20.2. The maximum absolute atomic E-state index is 13.1. The van der Waals surface area contributed by atoms with Gasteiger partial charge in [0, 0.05) is 36.8 Å². The zero-order chi connectivity index (χ0) is 20.4. The van der Waals surface area contributed by atoms with Crippen molar-refractivity contribution in [2.75, 3.05) is 42.9 Å². The number of thioether (sulfide) groups is 1. The second-order valence-electron chi connectivity index (χ2n) is 7.92. The van der Waals surface area contributed by atoms with Crippen LogP contribution >= 0.6 is 11.8 Å². The number of nitrogens with one attached hydrogen (secondary N) is 1. The van der Waals surface area contributed by atoms with Crippen LogP contribution in [0.2, 0.25) is 0 Å². The van der Waals surface area contributed by atoms with Crippen molar-refractivity contribution in [3.63, 3.8) is 0 Å². The summed E-state index contributed by atoms with van der Waals surface area (Å²) < 4.78 is 13.1. The molecule has 6 heteroatoms. The van der Waals surface area contributed by atoms with Gasteiger partial charge in [0.25, 0.3) is 0 Å².